The van der Waals surface area contributed by atoms with Gasteiger partial charge in [0.05, 0.1) is 17.5 Å². The molecular formula is C11H13NO2S. The van der Waals surface area contributed by atoms with Gasteiger partial charge in [-0.15, -0.1) is 11.8 Å². The average Bonchev–Trinajstić information content (AvgIpc) is 2.21. The number of benzene rings is 1. The van der Waals surface area contributed by atoms with Crippen molar-refractivity contribution >= 4 is 23.4 Å². The number of fused-ring (bicyclic) bond motifs is 1. The maximum absolute atomic E-state index is 11.5. The number of methoxy groups -OCH3 is 1. The van der Waals surface area contributed by atoms with Gasteiger partial charge in [-0.1, -0.05) is 6.07 Å². The van der Waals surface area contributed by atoms with Crippen molar-refractivity contribution < 1.29 is 9.53 Å². The summed E-state index contributed by atoms with van der Waals surface area (Å²) in [6.45, 7) is 2.48. The van der Waals surface area contributed by atoms with Gasteiger partial charge in [-0.25, -0.2) is 0 Å². The van der Waals surface area contributed by atoms with Gasteiger partial charge in [0.2, 0.25) is 5.91 Å². The summed E-state index contributed by atoms with van der Waals surface area (Å²) in [6, 6.07) is 6.03. The molecule has 0 saturated heterocycles. The highest BCUT2D eigenvalue weighted by molar-refractivity contribution is 8.00. The molecule has 1 aliphatic rings. The summed E-state index contributed by atoms with van der Waals surface area (Å²) in [5.74, 6) is 0.0714. The van der Waals surface area contributed by atoms with E-state index in [1.807, 2.05) is 25.1 Å². The minimum absolute atomic E-state index is 0.00854. The lowest BCUT2D eigenvalue weighted by atomic mass is 10.2. The molecule has 0 fully saturated rings. The number of anilines is 1. The van der Waals surface area contributed by atoms with Crippen LogP contribution in [0.2, 0.25) is 0 Å². The lowest BCUT2D eigenvalue weighted by molar-refractivity contribution is -0.115. The first-order valence-electron chi connectivity index (χ1n) is 4.80. The molecule has 4 heteroatoms. The summed E-state index contributed by atoms with van der Waals surface area (Å²) in [6.07, 6.45) is 0. The second-order valence-corrected chi connectivity index (χ2v) is 4.90. The molecule has 0 saturated carbocycles. The van der Waals surface area contributed by atoms with Crippen LogP contribution in [0.4, 0.5) is 5.69 Å². The smallest absolute Gasteiger partial charge is 0.237 e. The van der Waals surface area contributed by atoms with E-state index in [0.29, 0.717) is 6.61 Å². The number of rotatable bonds is 2. The number of carbonyl (C=O) groups is 1. The fourth-order valence-electron chi connectivity index (χ4n) is 1.51. The first-order valence-corrected chi connectivity index (χ1v) is 5.68. The number of hydrogen-bond donors (Lipinski definition) is 1. The molecule has 0 aliphatic carbocycles. The van der Waals surface area contributed by atoms with Crippen LogP contribution in [0.15, 0.2) is 23.1 Å². The Balaban J connectivity index is 2.29. The van der Waals surface area contributed by atoms with E-state index in [1.54, 1.807) is 18.9 Å². The third-order valence-corrected chi connectivity index (χ3v) is 3.46. The molecule has 0 aromatic heterocycles. The zero-order valence-corrected chi connectivity index (χ0v) is 9.56. The van der Waals surface area contributed by atoms with Gasteiger partial charge in [-0.2, -0.15) is 0 Å². The zero-order chi connectivity index (χ0) is 10.8. The Morgan fingerprint density at radius 2 is 2.33 bits per heavy atom. The van der Waals surface area contributed by atoms with E-state index in [-0.39, 0.29) is 11.2 Å². The quantitative estimate of drug-likeness (QED) is 0.835. The Bertz CT molecular complexity index is 392. The van der Waals surface area contributed by atoms with Crippen LogP contribution in [0.5, 0.6) is 0 Å². The van der Waals surface area contributed by atoms with Crippen molar-refractivity contribution in [3.8, 4) is 0 Å². The van der Waals surface area contributed by atoms with Gasteiger partial charge in [0.1, 0.15) is 0 Å². The Morgan fingerprint density at radius 1 is 1.53 bits per heavy atom. The third-order valence-electron chi connectivity index (χ3n) is 2.29. The summed E-state index contributed by atoms with van der Waals surface area (Å²) < 4.78 is 5.05. The maximum atomic E-state index is 11.5. The van der Waals surface area contributed by atoms with Gasteiger partial charge in [0.15, 0.2) is 0 Å². The molecular weight excluding hydrogens is 210 g/mol. The van der Waals surface area contributed by atoms with E-state index in [9.17, 15) is 4.79 Å². The van der Waals surface area contributed by atoms with Gasteiger partial charge in [0, 0.05) is 12.0 Å². The van der Waals surface area contributed by atoms with Crippen LogP contribution in [0, 0.1) is 0 Å². The van der Waals surface area contributed by atoms with Crippen LogP contribution in [-0.2, 0) is 16.1 Å². The molecule has 1 heterocycles. The first-order chi connectivity index (χ1) is 7.20. The number of ether oxygens (including phenoxy) is 1. The summed E-state index contributed by atoms with van der Waals surface area (Å²) in [5.41, 5.74) is 1.98. The zero-order valence-electron chi connectivity index (χ0n) is 8.74. The Labute approximate surface area is 93.2 Å². The topological polar surface area (TPSA) is 38.3 Å². The van der Waals surface area contributed by atoms with E-state index < -0.39 is 0 Å². The molecule has 1 N–H and O–H groups in total. The van der Waals surface area contributed by atoms with E-state index in [2.05, 4.69) is 5.32 Å². The van der Waals surface area contributed by atoms with Crippen LogP contribution < -0.4 is 5.32 Å². The summed E-state index contributed by atoms with van der Waals surface area (Å²) in [4.78, 5) is 12.6. The van der Waals surface area contributed by atoms with Crippen LogP contribution in [0.1, 0.15) is 12.5 Å². The summed E-state index contributed by atoms with van der Waals surface area (Å²) >= 11 is 1.59. The third kappa shape index (κ3) is 2.16. The fourth-order valence-corrected chi connectivity index (χ4v) is 2.44. The monoisotopic (exact) mass is 223 g/mol. The molecule has 3 nitrogen and oxygen atoms in total. The Kier molecular flexibility index (Phi) is 2.98. The molecule has 1 atom stereocenters. The maximum Gasteiger partial charge on any atom is 0.237 e. The molecule has 1 unspecified atom stereocenters. The van der Waals surface area contributed by atoms with Crippen molar-refractivity contribution in [1.29, 1.82) is 0 Å². The minimum atomic E-state index is -0.00854. The fraction of sp³-hybridized carbons (Fsp3) is 0.364. The van der Waals surface area contributed by atoms with Crippen molar-refractivity contribution in [2.75, 3.05) is 12.4 Å². The highest BCUT2D eigenvalue weighted by Crippen LogP contribution is 2.35. The second kappa shape index (κ2) is 4.24. The average molecular weight is 223 g/mol. The van der Waals surface area contributed by atoms with E-state index in [1.165, 1.54) is 0 Å². The van der Waals surface area contributed by atoms with Gasteiger partial charge in [-0.3, -0.25) is 4.79 Å². The van der Waals surface area contributed by atoms with Crippen LogP contribution in [0.3, 0.4) is 0 Å². The molecule has 80 valence electrons. The molecule has 0 spiro atoms. The van der Waals surface area contributed by atoms with E-state index >= 15 is 0 Å². The normalized spacial score (nSPS) is 19.6. The van der Waals surface area contributed by atoms with Gasteiger partial charge in [0.25, 0.3) is 0 Å². The number of carbonyl (C=O) groups excluding carboxylic acids is 1. The molecule has 1 amide bonds. The van der Waals surface area contributed by atoms with Gasteiger partial charge in [-0.05, 0) is 24.6 Å². The van der Waals surface area contributed by atoms with Crippen LogP contribution in [-0.4, -0.2) is 18.3 Å². The van der Waals surface area contributed by atoms with Crippen molar-refractivity contribution in [2.45, 2.75) is 23.7 Å². The van der Waals surface area contributed by atoms with Crippen molar-refractivity contribution in [3.05, 3.63) is 23.8 Å². The number of hydrogen-bond acceptors (Lipinski definition) is 3. The highest BCUT2D eigenvalue weighted by atomic mass is 32.2. The second-order valence-electron chi connectivity index (χ2n) is 3.51. The van der Waals surface area contributed by atoms with Crippen molar-refractivity contribution in [1.82, 2.24) is 0 Å². The van der Waals surface area contributed by atoms with Crippen molar-refractivity contribution in [2.24, 2.45) is 0 Å². The first kappa shape index (κ1) is 10.5. The molecule has 2 rings (SSSR count). The van der Waals surface area contributed by atoms with Crippen molar-refractivity contribution in [3.63, 3.8) is 0 Å². The number of thioether (sulfide) groups is 1. The number of nitrogens with one attached hydrogen (secondary N) is 1. The standard InChI is InChI=1S/C11H13NO2S/c1-7-11(13)12-9-5-8(6-14-2)3-4-10(9)15-7/h3-5,7H,6H2,1-2H3,(H,12,13). The van der Waals surface area contributed by atoms with Gasteiger partial charge < -0.3 is 10.1 Å². The largest absolute Gasteiger partial charge is 0.380 e. The Hall–Kier alpha value is -1.000. The van der Waals surface area contributed by atoms with E-state index in [0.717, 1.165) is 16.1 Å². The van der Waals surface area contributed by atoms with Crippen LogP contribution in [0.25, 0.3) is 0 Å². The molecule has 0 radical (unpaired) electrons. The lowest BCUT2D eigenvalue weighted by Gasteiger charge is -2.21. The van der Waals surface area contributed by atoms with Crippen LogP contribution >= 0.6 is 11.8 Å². The molecule has 1 aliphatic heterocycles. The SMILES string of the molecule is COCc1ccc2c(c1)NC(=O)C(C)S2. The van der Waals surface area contributed by atoms with Gasteiger partial charge >= 0.3 is 0 Å². The highest BCUT2D eigenvalue weighted by Gasteiger charge is 2.22. The predicted molar refractivity (Wildman–Crippen MR) is 61.1 cm³/mol. The summed E-state index contributed by atoms with van der Waals surface area (Å²) in [7, 11) is 1.66. The Morgan fingerprint density at radius 3 is 3.07 bits per heavy atom. The molecule has 0 bridgehead atoms. The molecule has 1 aromatic carbocycles. The lowest BCUT2D eigenvalue weighted by Crippen LogP contribution is -2.26. The molecule has 15 heavy (non-hydrogen) atoms. The van der Waals surface area contributed by atoms with E-state index in [4.69, 9.17) is 4.74 Å². The molecule has 1 aromatic rings. The number of amides is 1. The predicted octanol–water partition coefficient (Wildman–Crippen LogP) is 2.27. The summed E-state index contributed by atoms with van der Waals surface area (Å²) in [5, 5.41) is 2.88. The minimum Gasteiger partial charge on any atom is -0.380 e.